The third-order valence-corrected chi connectivity index (χ3v) is 3.48. The highest BCUT2D eigenvalue weighted by molar-refractivity contribution is 5.64. The fraction of sp³-hybridized carbons (Fsp3) is 0.357. The summed E-state index contributed by atoms with van der Waals surface area (Å²) in [7, 11) is 1.92. The normalized spacial score (nSPS) is 13.8. The molecule has 0 saturated carbocycles. The maximum Gasteiger partial charge on any atom is 0.231 e. The number of aromatic nitrogens is 2. The van der Waals surface area contributed by atoms with Crippen LogP contribution in [0.3, 0.4) is 0 Å². The highest BCUT2D eigenvalue weighted by atomic mass is 16.7. The van der Waals surface area contributed by atoms with Crippen LogP contribution >= 0.6 is 0 Å². The number of hydrogen-bond acceptors (Lipinski definition) is 4. The third kappa shape index (κ3) is 2.06. The fourth-order valence-electron chi connectivity index (χ4n) is 1.97. The Morgan fingerprint density at radius 3 is 2.84 bits per heavy atom. The lowest BCUT2D eigenvalue weighted by Gasteiger charge is -2.20. The van der Waals surface area contributed by atoms with E-state index in [-0.39, 0.29) is 5.54 Å². The van der Waals surface area contributed by atoms with Crippen molar-refractivity contribution in [3.63, 3.8) is 0 Å². The average molecular weight is 259 g/mol. The van der Waals surface area contributed by atoms with Crippen molar-refractivity contribution in [2.75, 3.05) is 13.8 Å². The van der Waals surface area contributed by atoms with Crippen LogP contribution in [0.5, 0.6) is 11.5 Å². The monoisotopic (exact) mass is 259 g/mol. The second kappa shape index (κ2) is 4.28. The zero-order chi connectivity index (χ0) is 13.5. The Balaban J connectivity index is 1.95. The first kappa shape index (κ1) is 12.0. The van der Waals surface area contributed by atoms with E-state index in [0.717, 1.165) is 28.6 Å². The Morgan fingerprint density at radius 2 is 2.05 bits per heavy atom. The molecule has 19 heavy (non-hydrogen) atoms. The summed E-state index contributed by atoms with van der Waals surface area (Å²) in [5.41, 5.74) is 1.82. The number of benzene rings is 1. The van der Waals surface area contributed by atoms with Gasteiger partial charge in [0, 0.05) is 5.56 Å². The van der Waals surface area contributed by atoms with Gasteiger partial charge in [-0.25, -0.2) is 4.98 Å². The number of nitrogens with zero attached hydrogens (tertiary/aromatic N) is 1. The average Bonchev–Trinajstić information content (AvgIpc) is 3.06. The van der Waals surface area contributed by atoms with Gasteiger partial charge in [0.25, 0.3) is 0 Å². The minimum Gasteiger partial charge on any atom is -0.454 e. The van der Waals surface area contributed by atoms with Crippen LogP contribution in [-0.4, -0.2) is 23.8 Å². The summed E-state index contributed by atoms with van der Waals surface area (Å²) < 4.78 is 10.7. The molecule has 2 heterocycles. The van der Waals surface area contributed by atoms with E-state index in [4.69, 9.17) is 9.47 Å². The van der Waals surface area contributed by atoms with E-state index in [1.165, 1.54) is 0 Å². The second-order valence-electron chi connectivity index (χ2n) is 5.09. The number of fused-ring (bicyclic) bond motifs is 1. The zero-order valence-electron chi connectivity index (χ0n) is 11.3. The number of ether oxygens (including phenoxy) is 2. The van der Waals surface area contributed by atoms with Crippen molar-refractivity contribution >= 4 is 0 Å². The summed E-state index contributed by atoms with van der Waals surface area (Å²) in [6, 6.07) is 5.88. The van der Waals surface area contributed by atoms with E-state index in [2.05, 4.69) is 29.1 Å². The van der Waals surface area contributed by atoms with Crippen LogP contribution < -0.4 is 14.8 Å². The van der Waals surface area contributed by atoms with Crippen molar-refractivity contribution < 1.29 is 9.47 Å². The summed E-state index contributed by atoms with van der Waals surface area (Å²) in [6.07, 6.45) is 1.84. The van der Waals surface area contributed by atoms with E-state index in [0.29, 0.717) is 6.79 Å². The van der Waals surface area contributed by atoms with E-state index in [1.54, 1.807) is 0 Å². The predicted octanol–water partition coefficient (Wildman–Crippen LogP) is 2.26. The Kier molecular flexibility index (Phi) is 2.71. The summed E-state index contributed by atoms with van der Waals surface area (Å²) in [5.74, 6) is 2.48. The lowest BCUT2D eigenvalue weighted by atomic mass is 10.1. The maximum atomic E-state index is 5.39. The summed E-state index contributed by atoms with van der Waals surface area (Å²) in [5, 5.41) is 3.23. The quantitative estimate of drug-likeness (QED) is 0.887. The van der Waals surface area contributed by atoms with E-state index < -0.39 is 0 Å². The van der Waals surface area contributed by atoms with Crippen molar-refractivity contribution in [3.8, 4) is 22.8 Å². The molecule has 3 rings (SSSR count). The van der Waals surface area contributed by atoms with Crippen LogP contribution in [-0.2, 0) is 5.54 Å². The molecule has 0 unspecified atom stereocenters. The third-order valence-electron chi connectivity index (χ3n) is 3.48. The number of imidazole rings is 1. The van der Waals surface area contributed by atoms with Gasteiger partial charge >= 0.3 is 0 Å². The van der Waals surface area contributed by atoms with E-state index in [9.17, 15) is 0 Å². The SMILES string of the molecule is CNC(C)(C)c1ncc(-c2ccc3c(c2)OCO3)[nH]1. The standard InChI is InChI=1S/C14H17N3O2/c1-14(2,15-3)13-16-7-10(17-13)9-4-5-11-12(6-9)19-8-18-11/h4-7,15H,8H2,1-3H3,(H,16,17). The number of H-pyrrole nitrogens is 1. The van der Waals surface area contributed by atoms with Gasteiger partial charge in [0.2, 0.25) is 6.79 Å². The Hall–Kier alpha value is -2.01. The Bertz CT molecular complexity index is 604. The fourth-order valence-corrected chi connectivity index (χ4v) is 1.97. The lowest BCUT2D eigenvalue weighted by Crippen LogP contribution is -2.34. The molecule has 5 heteroatoms. The molecule has 0 amide bonds. The molecule has 100 valence electrons. The molecule has 1 aromatic carbocycles. The van der Waals surface area contributed by atoms with Crippen LogP contribution in [0.4, 0.5) is 0 Å². The molecule has 0 bridgehead atoms. The number of aromatic amines is 1. The highest BCUT2D eigenvalue weighted by Gasteiger charge is 2.22. The molecule has 0 spiro atoms. The van der Waals surface area contributed by atoms with Gasteiger partial charge in [0.15, 0.2) is 11.5 Å². The molecule has 1 aliphatic rings. The Labute approximate surface area is 112 Å². The molecule has 0 saturated heterocycles. The number of hydrogen-bond donors (Lipinski definition) is 2. The molecule has 1 aliphatic heterocycles. The van der Waals surface area contributed by atoms with E-state index in [1.807, 2.05) is 31.4 Å². The summed E-state index contributed by atoms with van der Waals surface area (Å²) in [6.45, 7) is 4.45. The van der Waals surface area contributed by atoms with Gasteiger partial charge in [-0.15, -0.1) is 0 Å². The molecule has 5 nitrogen and oxygen atoms in total. The highest BCUT2D eigenvalue weighted by Crippen LogP contribution is 2.35. The molecule has 0 aliphatic carbocycles. The zero-order valence-corrected chi connectivity index (χ0v) is 11.3. The van der Waals surface area contributed by atoms with E-state index >= 15 is 0 Å². The largest absolute Gasteiger partial charge is 0.454 e. The van der Waals surface area contributed by atoms with Crippen LogP contribution in [0.1, 0.15) is 19.7 Å². The summed E-state index contributed by atoms with van der Waals surface area (Å²) in [4.78, 5) is 7.78. The molecule has 2 aromatic rings. The Morgan fingerprint density at radius 1 is 1.26 bits per heavy atom. The predicted molar refractivity (Wildman–Crippen MR) is 72.2 cm³/mol. The second-order valence-corrected chi connectivity index (χ2v) is 5.09. The molecule has 0 fully saturated rings. The van der Waals surface area contributed by atoms with Gasteiger partial charge in [0.1, 0.15) is 5.82 Å². The topological polar surface area (TPSA) is 59.2 Å². The minimum absolute atomic E-state index is 0.186. The molecule has 0 radical (unpaired) electrons. The van der Waals surface area contributed by atoms with Gasteiger partial charge < -0.3 is 19.8 Å². The van der Waals surface area contributed by atoms with Crippen molar-refractivity contribution in [1.82, 2.24) is 15.3 Å². The molecule has 1 aromatic heterocycles. The van der Waals surface area contributed by atoms with Crippen LogP contribution in [0.25, 0.3) is 11.3 Å². The van der Waals surface area contributed by atoms with Gasteiger partial charge in [-0.1, -0.05) is 0 Å². The molecule has 0 atom stereocenters. The van der Waals surface area contributed by atoms with Gasteiger partial charge in [-0.3, -0.25) is 0 Å². The van der Waals surface area contributed by atoms with Crippen LogP contribution in [0, 0.1) is 0 Å². The first-order valence-corrected chi connectivity index (χ1v) is 6.24. The van der Waals surface area contributed by atoms with Crippen molar-refractivity contribution in [3.05, 3.63) is 30.2 Å². The first-order valence-electron chi connectivity index (χ1n) is 6.24. The van der Waals surface area contributed by atoms with Gasteiger partial charge in [-0.05, 0) is 39.1 Å². The molecule has 2 N–H and O–H groups in total. The maximum absolute atomic E-state index is 5.39. The van der Waals surface area contributed by atoms with Crippen molar-refractivity contribution in [2.45, 2.75) is 19.4 Å². The molecular weight excluding hydrogens is 242 g/mol. The smallest absolute Gasteiger partial charge is 0.231 e. The van der Waals surface area contributed by atoms with Crippen LogP contribution in [0.15, 0.2) is 24.4 Å². The van der Waals surface area contributed by atoms with Crippen molar-refractivity contribution in [1.29, 1.82) is 0 Å². The number of nitrogens with one attached hydrogen (secondary N) is 2. The number of rotatable bonds is 3. The van der Waals surface area contributed by atoms with Gasteiger partial charge in [-0.2, -0.15) is 0 Å². The van der Waals surface area contributed by atoms with Crippen molar-refractivity contribution in [2.24, 2.45) is 0 Å². The van der Waals surface area contributed by atoms with Crippen LogP contribution in [0.2, 0.25) is 0 Å². The minimum atomic E-state index is -0.186. The van der Waals surface area contributed by atoms with Gasteiger partial charge in [0.05, 0.1) is 17.4 Å². The lowest BCUT2D eigenvalue weighted by molar-refractivity contribution is 0.174. The molecular formula is C14H17N3O2. The summed E-state index contributed by atoms with van der Waals surface area (Å²) >= 11 is 0. The first-order chi connectivity index (χ1) is 9.10.